The van der Waals surface area contributed by atoms with Crippen LogP contribution in [0, 0.1) is 21.8 Å². The fourth-order valence-corrected chi connectivity index (χ4v) is 3.98. The van der Waals surface area contributed by atoms with Gasteiger partial charge in [0.05, 0.1) is 23.5 Å². The van der Waals surface area contributed by atoms with E-state index in [0.717, 1.165) is 26.0 Å². The second-order valence-corrected chi connectivity index (χ2v) is 8.61. The molecular weight excluding hydrogens is 555 g/mol. The van der Waals surface area contributed by atoms with Crippen molar-refractivity contribution < 1.29 is 14.2 Å². The van der Waals surface area contributed by atoms with Crippen LogP contribution < -0.4 is 14.9 Å². The molecular formula is C24H22ClIN4O3. The Bertz CT molecular complexity index is 1190. The van der Waals surface area contributed by atoms with Crippen LogP contribution in [0.4, 0.5) is 5.82 Å². The lowest BCUT2D eigenvalue weighted by molar-refractivity contribution is 0.184. The minimum absolute atomic E-state index is 0.317. The van der Waals surface area contributed by atoms with Crippen LogP contribution in [0.25, 0.3) is 0 Å². The average molecular weight is 577 g/mol. The second-order valence-electron chi connectivity index (χ2n) is 7.01. The molecule has 0 radical (unpaired) electrons. The standard InChI is InChI=1S/C24H22ClIN4O3/c1-15-8-18(14-31-2)20(11-27)24(29-15)30-28-12-17-9-21(26)23(22(10-17)32-3)33-13-16-4-6-19(25)7-5-16/h4-10,12H,13-14H2,1-3H3,(H,29,30)/b28-12-. The Labute approximate surface area is 211 Å². The van der Waals surface area contributed by atoms with Gasteiger partial charge in [-0.05, 0) is 71.0 Å². The van der Waals surface area contributed by atoms with Gasteiger partial charge in [0, 0.05) is 23.4 Å². The average Bonchev–Trinajstić information content (AvgIpc) is 2.79. The summed E-state index contributed by atoms with van der Waals surface area (Å²) < 4.78 is 17.6. The number of hydrazone groups is 1. The molecule has 1 N–H and O–H groups in total. The molecule has 0 saturated carbocycles. The molecule has 9 heteroatoms. The molecule has 7 nitrogen and oxygen atoms in total. The first kappa shape index (κ1) is 24.8. The fourth-order valence-electron chi connectivity index (χ4n) is 3.07. The number of anilines is 1. The van der Waals surface area contributed by atoms with Crippen molar-refractivity contribution >= 4 is 46.2 Å². The van der Waals surface area contributed by atoms with Gasteiger partial charge < -0.3 is 14.2 Å². The first-order chi connectivity index (χ1) is 15.9. The smallest absolute Gasteiger partial charge is 0.174 e. The number of halogens is 2. The number of benzene rings is 2. The van der Waals surface area contributed by atoms with E-state index < -0.39 is 0 Å². The zero-order valence-electron chi connectivity index (χ0n) is 18.4. The largest absolute Gasteiger partial charge is 0.493 e. The van der Waals surface area contributed by atoms with Gasteiger partial charge in [0.2, 0.25) is 0 Å². The van der Waals surface area contributed by atoms with E-state index in [9.17, 15) is 5.26 Å². The Morgan fingerprint density at radius 1 is 1.18 bits per heavy atom. The Morgan fingerprint density at radius 3 is 2.61 bits per heavy atom. The molecule has 0 unspecified atom stereocenters. The molecule has 1 aromatic heterocycles. The van der Waals surface area contributed by atoms with Gasteiger partial charge in [-0.2, -0.15) is 10.4 Å². The van der Waals surface area contributed by atoms with Crippen molar-refractivity contribution in [2.24, 2.45) is 5.10 Å². The Balaban J connectivity index is 1.77. The van der Waals surface area contributed by atoms with Crippen molar-refractivity contribution in [1.82, 2.24) is 4.98 Å². The lowest BCUT2D eigenvalue weighted by Crippen LogP contribution is -2.04. The number of nitrogens with zero attached hydrogens (tertiary/aromatic N) is 3. The van der Waals surface area contributed by atoms with Crippen LogP contribution in [0.15, 0.2) is 47.6 Å². The maximum Gasteiger partial charge on any atom is 0.174 e. The molecule has 2 aromatic carbocycles. The molecule has 0 amide bonds. The molecule has 0 aliphatic heterocycles. The molecule has 0 aliphatic carbocycles. The van der Waals surface area contributed by atoms with Crippen LogP contribution in [-0.4, -0.2) is 25.4 Å². The normalized spacial score (nSPS) is 10.8. The van der Waals surface area contributed by atoms with Crippen LogP contribution in [-0.2, 0) is 18.0 Å². The maximum atomic E-state index is 9.54. The number of methoxy groups -OCH3 is 2. The van der Waals surface area contributed by atoms with E-state index in [1.54, 1.807) is 20.4 Å². The van der Waals surface area contributed by atoms with Gasteiger partial charge in [-0.1, -0.05) is 23.7 Å². The fraction of sp³-hybridized carbons (Fsp3) is 0.208. The lowest BCUT2D eigenvalue weighted by atomic mass is 10.1. The molecule has 3 aromatic rings. The molecule has 1 heterocycles. The predicted molar refractivity (Wildman–Crippen MR) is 137 cm³/mol. The van der Waals surface area contributed by atoms with E-state index in [0.29, 0.717) is 41.1 Å². The maximum absolute atomic E-state index is 9.54. The van der Waals surface area contributed by atoms with Crippen LogP contribution in [0.5, 0.6) is 11.5 Å². The summed E-state index contributed by atoms with van der Waals surface area (Å²) in [5.74, 6) is 1.62. The first-order valence-corrected chi connectivity index (χ1v) is 11.3. The Morgan fingerprint density at radius 2 is 1.94 bits per heavy atom. The topological polar surface area (TPSA) is 88.8 Å². The van der Waals surface area contributed by atoms with E-state index in [4.69, 9.17) is 25.8 Å². The van der Waals surface area contributed by atoms with Crippen molar-refractivity contribution in [1.29, 1.82) is 5.26 Å². The van der Waals surface area contributed by atoms with Crippen LogP contribution >= 0.6 is 34.2 Å². The number of rotatable bonds is 9. The highest BCUT2D eigenvalue weighted by atomic mass is 127. The van der Waals surface area contributed by atoms with Crippen LogP contribution in [0.1, 0.15) is 27.9 Å². The summed E-state index contributed by atoms with van der Waals surface area (Å²) in [6.07, 6.45) is 1.63. The summed E-state index contributed by atoms with van der Waals surface area (Å²) in [5.41, 5.74) is 6.58. The van der Waals surface area contributed by atoms with Crippen molar-refractivity contribution in [3.05, 3.63) is 79.0 Å². The number of nitrogens with one attached hydrogen (secondary N) is 1. The molecule has 0 atom stereocenters. The molecule has 170 valence electrons. The molecule has 0 fully saturated rings. The van der Waals surface area contributed by atoms with Crippen molar-refractivity contribution in [3.63, 3.8) is 0 Å². The lowest BCUT2D eigenvalue weighted by Gasteiger charge is -2.14. The second kappa shape index (κ2) is 11.8. The first-order valence-electron chi connectivity index (χ1n) is 9.88. The molecule has 33 heavy (non-hydrogen) atoms. The number of aromatic nitrogens is 1. The predicted octanol–water partition coefficient (Wildman–Crippen LogP) is 5.70. The SMILES string of the molecule is COCc1cc(C)nc(N/N=C\c2cc(I)c(OCc3ccc(Cl)cc3)c(OC)c2)c1C#N. The Kier molecular flexibility index (Phi) is 8.88. The summed E-state index contributed by atoms with van der Waals surface area (Å²) in [4.78, 5) is 4.38. The van der Waals surface area contributed by atoms with E-state index >= 15 is 0 Å². The molecule has 0 aliphatic rings. The van der Waals surface area contributed by atoms with E-state index in [-0.39, 0.29) is 0 Å². The third-order valence-electron chi connectivity index (χ3n) is 4.57. The number of hydrogen-bond donors (Lipinski definition) is 1. The number of ether oxygens (including phenoxy) is 3. The van der Waals surface area contributed by atoms with Gasteiger partial charge in [-0.25, -0.2) is 4.98 Å². The third-order valence-corrected chi connectivity index (χ3v) is 5.63. The summed E-state index contributed by atoms with van der Waals surface area (Å²) in [5, 5.41) is 14.5. The number of hydrogen-bond acceptors (Lipinski definition) is 7. The minimum Gasteiger partial charge on any atom is -0.493 e. The summed E-state index contributed by atoms with van der Waals surface area (Å²) in [7, 11) is 3.17. The quantitative estimate of drug-likeness (QED) is 0.200. The van der Waals surface area contributed by atoms with Gasteiger partial charge in [0.25, 0.3) is 0 Å². The molecule has 0 bridgehead atoms. The number of nitriles is 1. The third kappa shape index (κ3) is 6.57. The van der Waals surface area contributed by atoms with Gasteiger partial charge in [-0.3, -0.25) is 5.43 Å². The highest BCUT2D eigenvalue weighted by molar-refractivity contribution is 14.1. The zero-order valence-corrected chi connectivity index (χ0v) is 21.3. The van der Waals surface area contributed by atoms with E-state index in [1.807, 2.05) is 49.4 Å². The van der Waals surface area contributed by atoms with Crippen molar-refractivity contribution in [2.75, 3.05) is 19.6 Å². The molecule has 0 spiro atoms. The van der Waals surface area contributed by atoms with E-state index in [1.165, 1.54) is 0 Å². The van der Waals surface area contributed by atoms with Gasteiger partial charge >= 0.3 is 0 Å². The highest BCUT2D eigenvalue weighted by Gasteiger charge is 2.13. The monoisotopic (exact) mass is 576 g/mol. The molecule has 3 rings (SSSR count). The van der Waals surface area contributed by atoms with Crippen LogP contribution in [0.3, 0.4) is 0 Å². The summed E-state index contributed by atoms with van der Waals surface area (Å²) >= 11 is 8.14. The Hall–Kier alpha value is -2.87. The summed E-state index contributed by atoms with van der Waals surface area (Å²) in [6, 6.07) is 15.2. The minimum atomic E-state index is 0.317. The highest BCUT2D eigenvalue weighted by Crippen LogP contribution is 2.34. The van der Waals surface area contributed by atoms with Crippen molar-refractivity contribution in [2.45, 2.75) is 20.1 Å². The summed E-state index contributed by atoms with van der Waals surface area (Å²) in [6.45, 7) is 2.56. The van der Waals surface area contributed by atoms with Gasteiger partial charge in [0.1, 0.15) is 18.2 Å². The zero-order chi connectivity index (χ0) is 23.8. The number of aryl methyl sites for hydroxylation is 1. The van der Waals surface area contributed by atoms with Gasteiger partial charge in [0.15, 0.2) is 17.3 Å². The van der Waals surface area contributed by atoms with Crippen LogP contribution in [0.2, 0.25) is 5.02 Å². The number of pyridine rings is 1. The van der Waals surface area contributed by atoms with E-state index in [2.05, 4.69) is 44.2 Å². The molecule has 0 saturated heterocycles. The van der Waals surface area contributed by atoms with Crippen molar-refractivity contribution in [3.8, 4) is 17.6 Å². The van der Waals surface area contributed by atoms with Gasteiger partial charge in [-0.15, -0.1) is 0 Å².